The first-order valence-corrected chi connectivity index (χ1v) is 9.68. The molecule has 150 valence electrons. The number of halogens is 1. The fourth-order valence-corrected chi connectivity index (χ4v) is 3.54. The molecule has 0 aliphatic carbocycles. The van der Waals surface area contributed by atoms with Gasteiger partial charge in [-0.05, 0) is 48.0 Å². The molecular formula is C23H18ClN3O3. The summed E-state index contributed by atoms with van der Waals surface area (Å²) in [5.74, 6) is -0.935. The first kappa shape index (κ1) is 19.7. The predicted octanol–water partition coefficient (Wildman–Crippen LogP) is 4.66. The molecule has 1 N–H and O–H groups in total. The number of carboxylic acid groups (broad SMARTS) is 1. The Kier molecular flexibility index (Phi) is 5.50. The highest BCUT2D eigenvalue weighted by atomic mass is 35.5. The second kappa shape index (κ2) is 8.39. The molecule has 4 rings (SSSR count). The number of carbonyl (C=O) groups excluding carboxylic acids is 1. The van der Waals surface area contributed by atoms with Crippen LogP contribution in [-0.2, 0) is 22.6 Å². The van der Waals surface area contributed by atoms with Gasteiger partial charge in [0.15, 0.2) is 0 Å². The van der Waals surface area contributed by atoms with E-state index in [9.17, 15) is 9.59 Å². The lowest BCUT2D eigenvalue weighted by Crippen LogP contribution is -2.13. The summed E-state index contributed by atoms with van der Waals surface area (Å²) in [6.45, 7) is -0.186. The number of fused-ring (bicyclic) bond motifs is 1. The zero-order valence-corrected chi connectivity index (χ0v) is 16.7. The van der Waals surface area contributed by atoms with Gasteiger partial charge in [0.25, 0.3) is 0 Å². The Labute approximate surface area is 177 Å². The maximum atomic E-state index is 11.6. The van der Waals surface area contributed by atoms with E-state index in [1.165, 1.54) is 9.58 Å². The Balaban J connectivity index is 1.60. The van der Waals surface area contributed by atoms with Crippen molar-refractivity contribution in [2.45, 2.75) is 13.0 Å². The van der Waals surface area contributed by atoms with Gasteiger partial charge in [0.1, 0.15) is 6.54 Å². The topological polar surface area (TPSA) is 75.4 Å². The third-order valence-electron chi connectivity index (χ3n) is 4.82. The van der Waals surface area contributed by atoms with Gasteiger partial charge < -0.3 is 5.11 Å². The third kappa shape index (κ3) is 4.04. The number of hydrogen-bond acceptors (Lipinski definition) is 3. The Bertz CT molecular complexity index is 1200. The molecule has 0 bridgehead atoms. The monoisotopic (exact) mass is 419 g/mol. The summed E-state index contributed by atoms with van der Waals surface area (Å²) < 4.78 is 1.51. The maximum absolute atomic E-state index is 11.6. The highest BCUT2D eigenvalue weighted by molar-refractivity contribution is 6.30. The van der Waals surface area contributed by atoms with Crippen LogP contribution in [0.25, 0.3) is 10.9 Å². The van der Waals surface area contributed by atoms with Gasteiger partial charge in [0, 0.05) is 28.2 Å². The van der Waals surface area contributed by atoms with Crippen molar-refractivity contribution in [3.63, 3.8) is 0 Å². The van der Waals surface area contributed by atoms with E-state index >= 15 is 0 Å². The molecule has 0 unspecified atom stereocenters. The first-order chi connectivity index (χ1) is 14.5. The maximum Gasteiger partial charge on any atom is 0.325 e. The summed E-state index contributed by atoms with van der Waals surface area (Å²) in [5.41, 5.74) is 4.07. The third-order valence-corrected chi connectivity index (χ3v) is 5.07. The van der Waals surface area contributed by atoms with E-state index in [0.29, 0.717) is 11.4 Å². The van der Waals surface area contributed by atoms with Crippen LogP contribution in [0.5, 0.6) is 0 Å². The molecule has 1 amide bonds. The molecule has 1 heterocycles. The SMILES string of the molecule is O=CN(c1ccc(Cl)cc1)c1ccc(Cc2nn(CC(=O)O)c3ccccc23)cc1. The molecule has 0 saturated heterocycles. The van der Waals surface area contributed by atoms with E-state index in [1.807, 2.05) is 48.5 Å². The Morgan fingerprint density at radius 3 is 2.27 bits per heavy atom. The Morgan fingerprint density at radius 1 is 1.00 bits per heavy atom. The van der Waals surface area contributed by atoms with Crippen molar-refractivity contribution in [3.05, 3.63) is 89.1 Å². The van der Waals surface area contributed by atoms with Gasteiger partial charge in [-0.2, -0.15) is 5.10 Å². The number of carbonyl (C=O) groups is 2. The highest BCUT2D eigenvalue weighted by Crippen LogP contribution is 2.27. The minimum Gasteiger partial charge on any atom is -0.480 e. The molecule has 0 aliphatic heterocycles. The average Bonchev–Trinajstić information content (AvgIpc) is 3.08. The van der Waals surface area contributed by atoms with Gasteiger partial charge in [-0.3, -0.25) is 19.2 Å². The summed E-state index contributed by atoms with van der Waals surface area (Å²) in [7, 11) is 0. The molecule has 0 spiro atoms. The van der Waals surface area contributed by atoms with E-state index < -0.39 is 5.97 Å². The van der Waals surface area contributed by atoms with Gasteiger partial charge in [-0.25, -0.2) is 0 Å². The zero-order valence-electron chi connectivity index (χ0n) is 15.9. The number of aromatic nitrogens is 2. The van der Waals surface area contributed by atoms with Crippen LogP contribution in [0.1, 0.15) is 11.3 Å². The normalized spacial score (nSPS) is 10.8. The predicted molar refractivity (Wildman–Crippen MR) is 116 cm³/mol. The smallest absolute Gasteiger partial charge is 0.325 e. The van der Waals surface area contributed by atoms with Crippen molar-refractivity contribution in [1.82, 2.24) is 9.78 Å². The molecule has 7 heteroatoms. The number of benzene rings is 3. The number of nitrogens with zero attached hydrogens (tertiary/aromatic N) is 3. The summed E-state index contributed by atoms with van der Waals surface area (Å²) >= 11 is 5.93. The molecule has 4 aromatic rings. The molecule has 0 radical (unpaired) electrons. The molecule has 3 aromatic carbocycles. The molecule has 6 nitrogen and oxygen atoms in total. The van der Waals surface area contributed by atoms with Gasteiger partial charge in [0.05, 0.1) is 11.2 Å². The molecular weight excluding hydrogens is 402 g/mol. The van der Waals surface area contributed by atoms with Crippen molar-refractivity contribution in [3.8, 4) is 0 Å². The number of amides is 1. The molecule has 30 heavy (non-hydrogen) atoms. The van der Waals surface area contributed by atoms with E-state index in [4.69, 9.17) is 16.7 Å². The highest BCUT2D eigenvalue weighted by Gasteiger charge is 2.13. The molecule has 0 atom stereocenters. The molecule has 0 aliphatic rings. The number of hydrogen-bond donors (Lipinski definition) is 1. The van der Waals surface area contributed by atoms with Crippen molar-refractivity contribution in [2.75, 3.05) is 4.90 Å². The van der Waals surface area contributed by atoms with Crippen LogP contribution in [0.3, 0.4) is 0 Å². The summed E-state index contributed by atoms with van der Waals surface area (Å²) in [5, 5.41) is 15.2. The standard InChI is InChI=1S/C23H18ClN3O3/c24-17-7-11-19(12-8-17)26(15-28)18-9-5-16(6-10-18)13-21-20-3-1-2-4-22(20)27(25-21)14-23(29)30/h1-12,15H,13-14H2,(H,29,30). The van der Waals surface area contributed by atoms with Crippen LogP contribution in [-0.4, -0.2) is 27.3 Å². The second-order valence-electron chi connectivity index (χ2n) is 6.81. The van der Waals surface area contributed by atoms with Crippen molar-refractivity contribution >= 4 is 46.3 Å². The van der Waals surface area contributed by atoms with E-state index in [0.717, 1.165) is 39.9 Å². The van der Waals surface area contributed by atoms with E-state index in [1.54, 1.807) is 24.3 Å². The lowest BCUT2D eigenvalue weighted by Gasteiger charge is -2.18. The largest absolute Gasteiger partial charge is 0.480 e. The van der Waals surface area contributed by atoms with Crippen LogP contribution in [0.4, 0.5) is 11.4 Å². The minimum absolute atomic E-state index is 0.186. The molecule has 0 fully saturated rings. The summed E-state index contributed by atoms with van der Waals surface area (Å²) in [6, 6.07) is 22.2. The van der Waals surface area contributed by atoms with Gasteiger partial charge >= 0.3 is 5.97 Å². The van der Waals surface area contributed by atoms with Crippen molar-refractivity contribution in [1.29, 1.82) is 0 Å². The van der Waals surface area contributed by atoms with Crippen LogP contribution in [0.15, 0.2) is 72.8 Å². The number of aliphatic carboxylic acids is 1. The van der Waals surface area contributed by atoms with Crippen LogP contribution in [0.2, 0.25) is 5.02 Å². The van der Waals surface area contributed by atoms with Gasteiger partial charge in [0.2, 0.25) is 6.41 Å². The van der Waals surface area contributed by atoms with Crippen molar-refractivity contribution < 1.29 is 14.7 Å². The lowest BCUT2D eigenvalue weighted by molar-refractivity contribution is -0.137. The fourth-order valence-electron chi connectivity index (χ4n) is 3.42. The van der Waals surface area contributed by atoms with Gasteiger partial charge in [-0.1, -0.05) is 41.9 Å². The minimum atomic E-state index is -0.935. The van der Waals surface area contributed by atoms with Crippen molar-refractivity contribution in [2.24, 2.45) is 0 Å². The fraction of sp³-hybridized carbons (Fsp3) is 0.0870. The van der Waals surface area contributed by atoms with E-state index in [-0.39, 0.29) is 6.54 Å². The van der Waals surface area contributed by atoms with E-state index in [2.05, 4.69) is 5.10 Å². The Hall–Kier alpha value is -3.64. The second-order valence-corrected chi connectivity index (χ2v) is 7.25. The van der Waals surface area contributed by atoms with Gasteiger partial charge in [-0.15, -0.1) is 0 Å². The zero-order chi connectivity index (χ0) is 21.1. The lowest BCUT2D eigenvalue weighted by atomic mass is 10.1. The number of rotatable bonds is 7. The number of carboxylic acids is 1. The Morgan fingerprint density at radius 2 is 1.63 bits per heavy atom. The first-order valence-electron chi connectivity index (χ1n) is 9.30. The quantitative estimate of drug-likeness (QED) is 0.442. The summed E-state index contributed by atoms with van der Waals surface area (Å²) in [4.78, 5) is 24.3. The number of anilines is 2. The van der Waals surface area contributed by atoms with Crippen LogP contribution >= 0.6 is 11.6 Å². The summed E-state index contributed by atoms with van der Waals surface area (Å²) in [6.07, 6.45) is 1.31. The molecule has 0 saturated carbocycles. The molecule has 1 aromatic heterocycles. The number of para-hydroxylation sites is 1. The van der Waals surface area contributed by atoms with Crippen LogP contribution < -0.4 is 4.90 Å². The van der Waals surface area contributed by atoms with Crippen LogP contribution in [0, 0.1) is 0 Å². The average molecular weight is 420 g/mol.